The van der Waals surface area contributed by atoms with E-state index in [-0.39, 0.29) is 11.8 Å². The number of hydrogen-bond donors (Lipinski definition) is 2. The van der Waals surface area contributed by atoms with Gasteiger partial charge < -0.3 is 15.2 Å². The maximum atomic E-state index is 12.2. The fourth-order valence-electron chi connectivity index (χ4n) is 4.40. The van der Waals surface area contributed by atoms with E-state index in [0.717, 1.165) is 58.7 Å². The molecule has 0 saturated heterocycles. The molecule has 0 spiro atoms. The van der Waals surface area contributed by atoms with Gasteiger partial charge in [0, 0.05) is 54.8 Å². The highest BCUT2D eigenvalue weighted by Gasteiger charge is 2.27. The standard InChI is InChI=1S/C23H25N7O/c1-30(2)22(31)14-3-6-17(7-4-14)27-23-25-13-19-18(12-24-21(19)28-23)15-5-8-20-16(11-15)9-10-26-29-20/h5,8-14,17H,3-4,6-7H2,1-2H3,(H2,24,25,27,28). The summed E-state index contributed by atoms with van der Waals surface area (Å²) in [6, 6.07) is 8.37. The van der Waals surface area contributed by atoms with Crippen LogP contribution in [-0.4, -0.2) is 56.1 Å². The first-order valence-electron chi connectivity index (χ1n) is 10.6. The summed E-state index contributed by atoms with van der Waals surface area (Å²) in [5.74, 6) is 0.989. The molecule has 8 nitrogen and oxygen atoms in total. The number of benzene rings is 1. The number of aromatic nitrogens is 5. The van der Waals surface area contributed by atoms with E-state index in [1.807, 2.05) is 44.7 Å². The second kappa shape index (κ2) is 7.94. The highest BCUT2D eigenvalue weighted by atomic mass is 16.2. The van der Waals surface area contributed by atoms with Gasteiger partial charge in [0.05, 0.1) is 11.7 Å². The zero-order valence-corrected chi connectivity index (χ0v) is 17.7. The lowest BCUT2D eigenvalue weighted by atomic mass is 9.85. The van der Waals surface area contributed by atoms with Crippen molar-refractivity contribution in [2.45, 2.75) is 31.7 Å². The Bertz CT molecular complexity index is 1240. The third kappa shape index (κ3) is 3.81. The SMILES string of the molecule is CN(C)C(=O)C1CCC(Nc2ncc3c(-c4ccc5nnccc5c4)c[nH]c3n2)CC1. The largest absolute Gasteiger partial charge is 0.351 e. The third-order valence-corrected chi connectivity index (χ3v) is 6.11. The number of carbonyl (C=O) groups excluding carboxylic acids is 1. The van der Waals surface area contributed by atoms with Crippen LogP contribution in [0.5, 0.6) is 0 Å². The van der Waals surface area contributed by atoms with E-state index in [1.165, 1.54) is 0 Å². The number of anilines is 1. The van der Waals surface area contributed by atoms with Crippen molar-refractivity contribution in [2.24, 2.45) is 5.92 Å². The molecule has 31 heavy (non-hydrogen) atoms. The molecule has 5 rings (SSSR count). The molecule has 0 radical (unpaired) electrons. The van der Waals surface area contributed by atoms with Crippen molar-refractivity contribution in [1.82, 2.24) is 30.0 Å². The number of aromatic amines is 1. The molecule has 1 amide bonds. The van der Waals surface area contributed by atoms with Crippen molar-refractivity contribution in [2.75, 3.05) is 19.4 Å². The second-order valence-corrected chi connectivity index (χ2v) is 8.39. The average molecular weight is 416 g/mol. The maximum Gasteiger partial charge on any atom is 0.225 e. The van der Waals surface area contributed by atoms with Gasteiger partial charge in [0.15, 0.2) is 0 Å². The molecule has 1 aromatic carbocycles. The smallest absolute Gasteiger partial charge is 0.225 e. The third-order valence-electron chi connectivity index (χ3n) is 6.11. The molecule has 158 valence electrons. The van der Waals surface area contributed by atoms with Gasteiger partial charge in [-0.1, -0.05) is 6.07 Å². The summed E-state index contributed by atoms with van der Waals surface area (Å²) in [4.78, 5) is 26.4. The number of nitrogens with one attached hydrogen (secondary N) is 2. The van der Waals surface area contributed by atoms with Crippen LogP contribution in [0.2, 0.25) is 0 Å². The summed E-state index contributed by atoms with van der Waals surface area (Å²) < 4.78 is 0. The molecule has 4 aromatic rings. The minimum atomic E-state index is 0.135. The van der Waals surface area contributed by atoms with Crippen molar-refractivity contribution in [3.05, 3.63) is 42.9 Å². The highest BCUT2D eigenvalue weighted by molar-refractivity contribution is 5.96. The zero-order chi connectivity index (χ0) is 21.4. The van der Waals surface area contributed by atoms with Crippen LogP contribution < -0.4 is 5.32 Å². The molecular formula is C23H25N7O. The van der Waals surface area contributed by atoms with Crippen LogP contribution in [0.1, 0.15) is 25.7 Å². The van der Waals surface area contributed by atoms with E-state index >= 15 is 0 Å². The number of fused-ring (bicyclic) bond motifs is 2. The summed E-state index contributed by atoms with van der Waals surface area (Å²) in [6.07, 6.45) is 9.23. The first kappa shape index (κ1) is 19.4. The van der Waals surface area contributed by atoms with E-state index in [9.17, 15) is 4.79 Å². The fourth-order valence-corrected chi connectivity index (χ4v) is 4.40. The lowest BCUT2D eigenvalue weighted by molar-refractivity contribution is -0.133. The van der Waals surface area contributed by atoms with Gasteiger partial charge in [-0.25, -0.2) is 4.98 Å². The quantitative estimate of drug-likeness (QED) is 0.528. The van der Waals surface area contributed by atoms with E-state index in [1.54, 1.807) is 11.1 Å². The molecule has 1 aliphatic rings. The van der Waals surface area contributed by atoms with Crippen molar-refractivity contribution >= 4 is 33.8 Å². The molecule has 0 bridgehead atoms. The van der Waals surface area contributed by atoms with E-state index in [4.69, 9.17) is 0 Å². The Balaban J connectivity index is 1.32. The van der Waals surface area contributed by atoms with Crippen LogP contribution in [0.4, 0.5) is 5.95 Å². The molecule has 0 aliphatic heterocycles. The van der Waals surface area contributed by atoms with Gasteiger partial charge in [0.1, 0.15) is 5.65 Å². The Morgan fingerprint density at radius 3 is 2.81 bits per heavy atom. The fraction of sp³-hybridized carbons (Fsp3) is 0.348. The summed E-state index contributed by atoms with van der Waals surface area (Å²) >= 11 is 0. The Morgan fingerprint density at radius 2 is 2.00 bits per heavy atom. The summed E-state index contributed by atoms with van der Waals surface area (Å²) in [5, 5.41) is 13.6. The van der Waals surface area contributed by atoms with E-state index < -0.39 is 0 Å². The van der Waals surface area contributed by atoms with Crippen LogP contribution >= 0.6 is 0 Å². The molecule has 0 atom stereocenters. The maximum absolute atomic E-state index is 12.2. The lowest BCUT2D eigenvalue weighted by Gasteiger charge is -2.29. The minimum Gasteiger partial charge on any atom is -0.351 e. The first-order chi connectivity index (χ1) is 15.1. The molecular weight excluding hydrogens is 390 g/mol. The second-order valence-electron chi connectivity index (χ2n) is 8.39. The van der Waals surface area contributed by atoms with Crippen LogP contribution in [-0.2, 0) is 4.79 Å². The Hall–Kier alpha value is -3.55. The molecule has 8 heteroatoms. The Kier molecular flexibility index (Phi) is 4.97. The van der Waals surface area contributed by atoms with E-state index in [0.29, 0.717) is 12.0 Å². The molecule has 1 fully saturated rings. The first-order valence-corrected chi connectivity index (χ1v) is 10.6. The summed E-state index contributed by atoms with van der Waals surface area (Å²) in [7, 11) is 3.65. The van der Waals surface area contributed by atoms with Crippen molar-refractivity contribution in [3.63, 3.8) is 0 Å². The molecule has 3 aromatic heterocycles. The van der Waals surface area contributed by atoms with Gasteiger partial charge in [-0.3, -0.25) is 4.79 Å². The summed E-state index contributed by atoms with van der Waals surface area (Å²) in [5.41, 5.74) is 3.82. The van der Waals surface area contributed by atoms with Crippen LogP contribution in [0.15, 0.2) is 42.9 Å². The predicted octanol–water partition coefficient (Wildman–Crippen LogP) is 3.63. The number of H-pyrrole nitrogens is 1. The predicted molar refractivity (Wildman–Crippen MR) is 120 cm³/mol. The zero-order valence-electron chi connectivity index (χ0n) is 17.7. The Morgan fingerprint density at radius 1 is 1.16 bits per heavy atom. The number of nitrogens with zero attached hydrogens (tertiary/aromatic N) is 5. The minimum absolute atomic E-state index is 0.135. The normalized spacial score (nSPS) is 18.9. The van der Waals surface area contributed by atoms with Gasteiger partial charge in [-0.15, -0.1) is 0 Å². The number of rotatable bonds is 4. The lowest BCUT2D eigenvalue weighted by Crippen LogP contribution is -2.35. The van der Waals surface area contributed by atoms with Gasteiger partial charge in [-0.2, -0.15) is 15.2 Å². The van der Waals surface area contributed by atoms with E-state index in [2.05, 4.69) is 36.5 Å². The molecule has 1 aliphatic carbocycles. The summed E-state index contributed by atoms with van der Waals surface area (Å²) in [6.45, 7) is 0. The number of hydrogen-bond acceptors (Lipinski definition) is 6. The molecule has 0 unspecified atom stereocenters. The van der Waals surface area contributed by atoms with Gasteiger partial charge in [0.2, 0.25) is 11.9 Å². The van der Waals surface area contributed by atoms with Crippen LogP contribution in [0, 0.1) is 5.92 Å². The molecule has 3 heterocycles. The Labute approximate surface area is 180 Å². The average Bonchev–Trinajstić information content (AvgIpc) is 3.22. The monoisotopic (exact) mass is 415 g/mol. The van der Waals surface area contributed by atoms with Gasteiger partial charge in [-0.05, 0) is 49.4 Å². The van der Waals surface area contributed by atoms with Crippen LogP contribution in [0.3, 0.4) is 0 Å². The number of carbonyl (C=O) groups is 1. The number of amides is 1. The highest BCUT2D eigenvalue weighted by Crippen LogP contribution is 2.31. The van der Waals surface area contributed by atoms with Gasteiger partial charge >= 0.3 is 0 Å². The molecule has 1 saturated carbocycles. The van der Waals surface area contributed by atoms with Crippen LogP contribution in [0.25, 0.3) is 33.1 Å². The topological polar surface area (TPSA) is 99.7 Å². The van der Waals surface area contributed by atoms with Crippen molar-refractivity contribution < 1.29 is 4.79 Å². The molecule has 2 N–H and O–H groups in total. The van der Waals surface area contributed by atoms with Crippen molar-refractivity contribution in [1.29, 1.82) is 0 Å². The van der Waals surface area contributed by atoms with Gasteiger partial charge in [0.25, 0.3) is 0 Å². The van der Waals surface area contributed by atoms with Crippen molar-refractivity contribution in [3.8, 4) is 11.1 Å².